The highest BCUT2D eigenvalue weighted by Crippen LogP contribution is 2.56. The van der Waals surface area contributed by atoms with Crippen LogP contribution in [0.5, 0.6) is 0 Å². The summed E-state index contributed by atoms with van der Waals surface area (Å²) >= 11 is 3.55. The molecule has 6 heteroatoms. The molecule has 33 heavy (non-hydrogen) atoms. The van der Waals surface area contributed by atoms with E-state index in [1.165, 1.54) is 0 Å². The summed E-state index contributed by atoms with van der Waals surface area (Å²) in [6, 6.07) is 9.04. The molecule has 0 bridgehead atoms. The van der Waals surface area contributed by atoms with Crippen LogP contribution in [0.2, 0.25) is 0 Å². The SMILES string of the molecule is CC#CCC(C)(C)C(=O)C(Br)=C[C@@H]1[C@H]2CC3(C[C@H]2C[C@H]1OC(=O)c1ccccc1)OCCO3. The van der Waals surface area contributed by atoms with Crippen molar-refractivity contribution in [2.75, 3.05) is 13.2 Å². The molecule has 3 aliphatic rings. The molecule has 5 nitrogen and oxygen atoms in total. The van der Waals surface area contributed by atoms with Gasteiger partial charge in [0, 0.05) is 30.6 Å². The molecule has 4 rings (SSSR count). The van der Waals surface area contributed by atoms with Gasteiger partial charge in [-0.3, -0.25) is 4.79 Å². The van der Waals surface area contributed by atoms with Gasteiger partial charge in [0.25, 0.3) is 0 Å². The van der Waals surface area contributed by atoms with Crippen LogP contribution in [0, 0.1) is 35.0 Å². The van der Waals surface area contributed by atoms with Gasteiger partial charge >= 0.3 is 5.97 Å². The van der Waals surface area contributed by atoms with Crippen LogP contribution in [0.25, 0.3) is 0 Å². The van der Waals surface area contributed by atoms with E-state index in [-0.39, 0.29) is 29.7 Å². The summed E-state index contributed by atoms with van der Waals surface area (Å²) in [6.45, 7) is 6.81. The van der Waals surface area contributed by atoms with Crippen molar-refractivity contribution in [3.63, 3.8) is 0 Å². The van der Waals surface area contributed by atoms with E-state index in [4.69, 9.17) is 14.2 Å². The van der Waals surface area contributed by atoms with Crippen LogP contribution in [0.4, 0.5) is 0 Å². The van der Waals surface area contributed by atoms with Crippen LogP contribution in [-0.4, -0.2) is 36.9 Å². The fourth-order valence-corrected chi connectivity index (χ4v) is 6.27. The Labute approximate surface area is 204 Å². The normalized spacial score (nSPS) is 28.3. The summed E-state index contributed by atoms with van der Waals surface area (Å²) < 4.78 is 18.5. The standard InChI is InChI=1S/C27H31BrO5/c1-4-5-11-26(2,3)24(29)22(28)15-20-21-17-27(31-12-13-32-27)16-19(21)14-23(20)33-25(30)18-9-7-6-8-10-18/h6-10,15,19-21,23H,11-14,16-17H2,1-3H3/t19-,20-,21+,23-/m1/s1. The van der Waals surface area contributed by atoms with Crippen LogP contribution >= 0.6 is 15.9 Å². The molecule has 1 saturated heterocycles. The van der Waals surface area contributed by atoms with Crippen molar-refractivity contribution in [2.45, 2.75) is 58.3 Å². The maximum atomic E-state index is 13.2. The maximum Gasteiger partial charge on any atom is 0.338 e. The number of hydrogen-bond donors (Lipinski definition) is 0. The van der Waals surface area contributed by atoms with E-state index in [1.807, 2.05) is 38.1 Å². The Morgan fingerprint density at radius 1 is 1.21 bits per heavy atom. The van der Waals surface area contributed by atoms with E-state index in [0.29, 0.717) is 35.6 Å². The second-order valence-electron chi connectivity index (χ2n) is 9.89. The summed E-state index contributed by atoms with van der Waals surface area (Å²) in [5.74, 6) is 5.47. The number of rotatable bonds is 6. The lowest BCUT2D eigenvalue weighted by Crippen LogP contribution is -2.31. The van der Waals surface area contributed by atoms with Crippen LogP contribution < -0.4 is 0 Å². The van der Waals surface area contributed by atoms with Crippen molar-refractivity contribution in [1.82, 2.24) is 0 Å². The van der Waals surface area contributed by atoms with Crippen molar-refractivity contribution >= 4 is 27.7 Å². The molecule has 3 fully saturated rings. The average Bonchev–Trinajstić information content (AvgIpc) is 3.49. The number of allylic oxidation sites excluding steroid dienone is 1. The number of halogens is 1. The molecule has 0 amide bonds. The highest BCUT2D eigenvalue weighted by atomic mass is 79.9. The van der Waals surface area contributed by atoms with E-state index in [0.717, 1.165) is 19.3 Å². The molecule has 176 valence electrons. The van der Waals surface area contributed by atoms with Gasteiger partial charge in [0.05, 0.1) is 23.3 Å². The van der Waals surface area contributed by atoms with Gasteiger partial charge in [0.1, 0.15) is 6.10 Å². The van der Waals surface area contributed by atoms with E-state index < -0.39 is 11.2 Å². The van der Waals surface area contributed by atoms with Gasteiger partial charge < -0.3 is 14.2 Å². The minimum absolute atomic E-state index is 0.00270. The zero-order valence-electron chi connectivity index (χ0n) is 19.4. The predicted octanol–water partition coefficient (Wildman–Crippen LogP) is 5.29. The van der Waals surface area contributed by atoms with Crippen LogP contribution in [0.3, 0.4) is 0 Å². The summed E-state index contributed by atoms with van der Waals surface area (Å²) in [6.07, 6.45) is 4.43. The molecule has 1 aliphatic heterocycles. The molecule has 1 spiro atoms. The largest absolute Gasteiger partial charge is 0.458 e. The molecule has 2 aliphatic carbocycles. The van der Waals surface area contributed by atoms with Crippen molar-refractivity contribution in [2.24, 2.45) is 23.2 Å². The molecule has 0 N–H and O–H groups in total. The van der Waals surface area contributed by atoms with Crippen LogP contribution in [-0.2, 0) is 19.0 Å². The number of hydrogen-bond acceptors (Lipinski definition) is 5. The molecule has 1 heterocycles. The highest BCUT2D eigenvalue weighted by molar-refractivity contribution is 9.12. The third kappa shape index (κ3) is 5.11. The number of benzene rings is 1. The van der Waals surface area contributed by atoms with E-state index >= 15 is 0 Å². The fourth-order valence-electron chi connectivity index (χ4n) is 5.43. The Bertz CT molecular complexity index is 981. The molecule has 1 aromatic rings. The summed E-state index contributed by atoms with van der Waals surface area (Å²) in [5.41, 5.74) is -0.0770. The Morgan fingerprint density at radius 2 is 1.91 bits per heavy atom. The maximum absolute atomic E-state index is 13.2. The molecular formula is C27H31BrO5. The molecule has 2 saturated carbocycles. The lowest BCUT2D eigenvalue weighted by atomic mass is 9.83. The summed E-state index contributed by atoms with van der Waals surface area (Å²) in [5, 5.41) is 0. The number of fused-ring (bicyclic) bond motifs is 1. The van der Waals surface area contributed by atoms with Gasteiger partial charge in [-0.15, -0.1) is 11.8 Å². The van der Waals surface area contributed by atoms with E-state index in [9.17, 15) is 9.59 Å². The number of carbonyl (C=O) groups excluding carboxylic acids is 2. The average molecular weight is 515 g/mol. The Hall–Kier alpha value is -1.94. The molecule has 1 aromatic carbocycles. The quantitative estimate of drug-likeness (QED) is 0.293. The number of carbonyl (C=O) groups is 2. The first-order chi connectivity index (χ1) is 15.7. The number of esters is 1. The minimum atomic E-state index is -0.610. The molecule has 4 atom stereocenters. The second kappa shape index (κ2) is 9.74. The second-order valence-corrected chi connectivity index (χ2v) is 10.7. The molecule has 0 aromatic heterocycles. The predicted molar refractivity (Wildman–Crippen MR) is 128 cm³/mol. The fraction of sp³-hybridized carbons (Fsp3) is 0.556. The zero-order chi connectivity index (χ0) is 23.6. The van der Waals surface area contributed by atoms with Gasteiger partial charge in [-0.1, -0.05) is 38.1 Å². The smallest absolute Gasteiger partial charge is 0.338 e. The van der Waals surface area contributed by atoms with E-state index in [1.54, 1.807) is 19.1 Å². The van der Waals surface area contributed by atoms with Gasteiger partial charge in [0.15, 0.2) is 11.6 Å². The molecular weight excluding hydrogens is 484 g/mol. The van der Waals surface area contributed by atoms with Gasteiger partial charge in [0.2, 0.25) is 0 Å². The van der Waals surface area contributed by atoms with Gasteiger partial charge in [-0.2, -0.15) is 0 Å². The lowest BCUT2D eigenvalue weighted by Gasteiger charge is -2.27. The number of ether oxygens (including phenoxy) is 3. The topological polar surface area (TPSA) is 61.8 Å². The van der Waals surface area contributed by atoms with Crippen molar-refractivity contribution in [1.29, 1.82) is 0 Å². The molecule has 0 radical (unpaired) electrons. The molecule has 0 unspecified atom stereocenters. The van der Waals surface area contributed by atoms with Crippen molar-refractivity contribution < 1.29 is 23.8 Å². The zero-order valence-corrected chi connectivity index (χ0v) is 21.0. The van der Waals surface area contributed by atoms with Crippen molar-refractivity contribution in [3.05, 3.63) is 46.5 Å². The van der Waals surface area contributed by atoms with Crippen LogP contribution in [0.1, 0.15) is 56.8 Å². The van der Waals surface area contributed by atoms with E-state index in [2.05, 4.69) is 27.8 Å². The Kier molecular flexibility index (Phi) is 7.14. The summed E-state index contributed by atoms with van der Waals surface area (Å²) in [4.78, 5) is 26.0. The summed E-state index contributed by atoms with van der Waals surface area (Å²) in [7, 11) is 0. The highest BCUT2D eigenvalue weighted by Gasteiger charge is 2.57. The first-order valence-corrected chi connectivity index (χ1v) is 12.4. The first kappa shape index (κ1) is 24.2. The van der Waals surface area contributed by atoms with Crippen molar-refractivity contribution in [3.8, 4) is 11.8 Å². The Balaban J connectivity index is 1.57. The number of Topliss-reactive ketones (excluding diaryl/α,β-unsaturated/α-hetero) is 1. The third-order valence-electron chi connectivity index (χ3n) is 7.14. The van der Waals surface area contributed by atoms with Gasteiger partial charge in [-0.05, 0) is 53.2 Å². The lowest BCUT2D eigenvalue weighted by molar-refractivity contribution is -0.157. The third-order valence-corrected chi connectivity index (χ3v) is 7.77. The van der Waals surface area contributed by atoms with Gasteiger partial charge in [-0.25, -0.2) is 4.79 Å². The number of ketones is 1. The monoisotopic (exact) mass is 514 g/mol. The Morgan fingerprint density at radius 3 is 2.58 bits per heavy atom. The first-order valence-electron chi connectivity index (χ1n) is 11.6. The van der Waals surface area contributed by atoms with Crippen LogP contribution in [0.15, 0.2) is 40.9 Å². The minimum Gasteiger partial charge on any atom is -0.458 e.